The summed E-state index contributed by atoms with van der Waals surface area (Å²) in [6.45, 7) is 0. The third-order valence-electron chi connectivity index (χ3n) is 3.85. The van der Waals surface area contributed by atoms with Crippen LogP contribution >= 0.6 is 0 Å². The molecule has 0 bridgehead atoms. The highest BCUT2D eigenvalue weighted by Crippen LogP contribution is 2.22. The summed E-state index contributed by atoms with van der Waals surface area (Å²) in [5.41, 5.74) is 0.570. The van der Waals surface area contributed by atoms with Gasteiger partial charge >= 0.3 is 0 Å². The van der Waals surface area contributed by atoms with Gasteiger partial charge < -0.3 is 10.6 Å². The van der Waals surface area contributed by atoms with Crippen molar-refractivity contribution in [1.29, 1.82) is 0 Å². The van der Waals surface area contributed by atoms with Gasteiger partial charge in [0.05, 0.1) is 17.4 Å². The zero-order valence-corrected chi connectivity index (χ0v) is 12.2. The number of hydrogen-bond acceptors (Lipinski definition) is 3. The molecule has 1 heterocycles. The van der Waals surface area contributed by atoms with Gasteiger partial charge in [-0.2, -0.15) is 0 Å². The summed E-state index contributed by atoms with van der Waals surface area (Å²) in [5, 5.41) is 6.03. The lowest BCUT2D eigenvalue weighted by Crippen LogP contribution is -2.16. The predicted molar refractivity (Wildman–Crippen MR) is 84.5 cm³/mol. The molecule has 114 valence electrons. The number of amides is 1. The number of rotatable bonds is 4. The lowest BCUT2D eigenvalue weighted by molar-refractivity contribution is 0.102. The molecule has 3 rings (SSSR count). The summed E-state index contributed by atoms with van der Waals surface area (Å²) in [5.74, 6) is -0.209. The Morgan fingerprint density at radius 2 is 1.91 bits per heavy atom. The first-order valence-corrected chi connectivity index (χ1v) is 7.51. The third kappa shape index (κ3) is 3.42. The van der Waals surface area contributed by atoms with E-state index in [2.05, 4.69) is 15.6 Å². The van der Waals surface area contributed by atoms with Crippen molar-refractivity contribution in [2.75, 3.05) is 10.6 Å². The molecule has 0 aliphatic heterocycles. The maximum atomic E-state index is 13.5. The molecule has 5 heteroatoms. The van der Waals surface area contributed by atoms with Crippen LogP contribution in [0, 0.1) is 5.82 Å². The second-order valence-corrected chi connectivity index (χ2v) is 5.49. The van der Waals surface area contributed by atoms with Crippen LogP contribution < -0.4 is 10.6 Å². The normalized spacial score (nSPS) is 14.8. The summed E-state index contributed by atoms with van der Waals surface area (Å²) in [6.07, 6.45) is 6.44. The lowest BCUT2D eigenvalue weighted by atomic mass is 10.2. The third-order valence-corrected chi connectivity index (χ3v) is 3.85. The summed E-state index contributed by atoms with van der Waals surface area (Å²) in [6, 6.07) is 9.99. The van der Waals surface area contributed by atoms with E-state index in [9.17, 15) is 9.18 Å². The van der Waals surface area contributed by atoms with Crippen LogP contribution in [0.15, 0.2) is 42.6 Å². The second kappa shape index (κ2) is 6.56. The highest BCUT2D eigenvalue weighted by atomic mass is 19.1. The number of benzene rings is 1. The van der Waals surface area contributed by atoms with Gasteiger partial charge in [-0.25, -0.2) is 9.37 Å². The molecule has 4 nitrogen and oxygen atoms in total. The number of pyridine rings is 1. The van der Waals surface area contributed by atoms with E-state index >= 15 is 0 Å². The number of aromatic nitrogens is 1. The fraction of sp³-hybridized carbons (Fsp3) is 0.294. The SMILES string of the molecule is O=C(Nc1ccc(NC2CCCC2)nc1)c1ccccc1F. The molecule has 0 unspecified atom stereocenters. The number of anilines is 2. The first-order chi connectivity index (χ1) is 10.7. The fourth-order valence-electron chi connectivity index (χ4n) is 2.68. The van der Waals surface area contributed by atoms with Gasteiger partial charge in [-0.15, -0.1) is 0 Å². The van der Waals surface area contributed by atoms with Crippen molar-refractivity contribution >= 4 is 17.4 Å². The largest absolute Gasteiger partial charge is 0.367 e. The highest BCUT2D eigenvalue weighted by Gasteiger charge is 2.15. The predicted octanol–water partition coefficient (Wildman–Crippen LogP) is 3.83. The molecule has 0 radical (unpaired) electrons. The fourth-order valence-corrected chi connectivity index (χ4v) is 2.68. The average Bonchev–Trinajstić information content (AvgIpc) is 3.02. The molecule has 0 spiro atoms. The summed E-state index contributed by atoms with van der Waals surface area (Å²) >= 11 is 0. The van der Waals surface area contributed by atoms with Crippen molar-refractivity contribution in [3.05, 3.63) is 54.0 Å². The Morgan fingerprint density at radius 1 is 1.14 bits per heavy atom. The minimum absolute atomic E-state index is 0.0238. The van der Waals surface area contributed by atoms with Gasteiger partial charge in [0.2, 0.25) is 0 Å². The minimum Gasteiger partial charge on any atom is -0.367 e. The van der Waals surface area contributed by atoms with Crippen LogP contribution in [0.2, 0.25) is 0 Å². The van der Waals surface area contributed by atoms with Gasteiger partial charge in [0.25, 0.3) is 5.91 Å². The van der Waals surface area contributed by atoms with Crippen LogP contribution in [-0.2, 0) is 0 Å². The maximum Gasteiger partial charge on any atom is 0.258 e. The molecule has 1 amide bonds. The van der Waals surface area contributed by atoms with Crippen LogP contribution in [0.3, 0.4) is 0 Å². The molecule has 1 aliphatic rings. The topological polar surface area (TPSA) is 54.0 Å². The zero-order valence-electron chi connectivity index (χ0n) is 12.2. The molecular weight excluding hydrogens is 281 g/mol. The van der Waals surface area contributed by atoms with Gasteiger partial charge in [0, 0.05) is 6.04 Å². The molecule has 2 N–H and O–H groups in total. The molecule has 1 aromatic heterocycles. The van der Waals surface area contributed by atoms with E-state index in [-0.39, 0.29) is 5.56 Å². The molecular formula is C17H18FN3O. The van der Waals surface area contributed by atoms with Gasteiger partial charge in [0.15, 0.2) is 0 Å². The van der Waals surface area contributed by atoms with Gasteiger partial charge in [-0.05, 0) is 37.1 Å². The minimum atomic E-state index is -0.535. The Bertz CT molecular complexity index is 651. The Kier molecular flexibility index (Phi) is 4.32. The second-order valence-electron chi connectivity index (χ2n) is 5.49. The van der Waals surface area contributed by atoms with Crippen LogP contribution in [0.5, 0.6) is 0 Å². The molecule has 2 aromatic rings. The van der Waals surface area contributed by atoms with E-state index < -0.39 is 11.7 Å². The first kappa shape index (κ1) is 14.5. The summed E-state index contributed by atoms with van der Waals surface area (Å²) < 4.78 is 13.5. The lowest BCUT2D eigenvalue weighted by Gasteiger charge is -2.13. The van der Waals surface area contributed by atoms with E-state index in [0.29, 0.717) is 11.7 Å². The van der Waals surface area contributed by atoms with Gasteiger partial charge in [-0.3, -0.25) is 4.79 Å². The van der Waals surface area contributed by atoms with Crippen molar-refractivity contribution in [2.45, 2.75) is 31.7 Å². The zero-order chi connectivity index (χ0) is 15.4. The number of nitrogens with one attached hydrogen (secondary N) is 2. The van der Waals surface area contributed by atoms with E-state index in [1.54, 1.807) is 24.4 Å². The van der Waals surface area contributed by atoms with Crippen molar-refractivity contribution in [3.8, 4) is 0 Å². The molecule has 1 saturated carbocycles. The van der Waals surface area contributed by atoms with Crippen LogP contribution in [0.1, 0.15) is 36.0 Å². The monoisotopic (exact) mass is 299 g/mol. The van der Waals surface area contributed by atoms with E-state index in [1.165, 1.54) is 37.8 Å². The Balaban J connectivity index is 1.63. The van der Waals surface area contributed by atoms with Gasteiger partial charge in [0.1, 0.15) is 11.6 Å². The highest BCUT2D eigenvalue weighted by molar-refractivity contribution is 6.04. The van der Waals surface area contributed by atoms with Gasteiger partial charge in [-0.1, -0.05) is 25.0 Å². The van der Waals surface area contributed by atoms with Crippen molar-refractivity contribution in [2.24, 2.45) is 0 Å². The molecule has 22 heavy (non-hydrogen) atoms. The van der Waals surface area contributed by atoms with Crippen molar-refractivity contribution in [3.63, 3.8) is 0 Å². The summed E-state index contributed by atoms with van der Waals surface area (Å²) in [7, 11) is 0. The number of carbonyl (C=O) groups is 1. The Hall–Kier alpha value is -2.43. The number of nitrogens with zero attached hydrogens (tertiary/aromatic N) is 1. The molecule has 1 aliphatic carbocycles. The quantitative estimate of drug-likeness (QED) is 0.902. The van der Waals surface area contributed by atoms with E-state index in [1.807, 2.05) is 6.07 Å². The van der Waals surface area contributed by atoms with Crippen LogP contribution in [0.4, 0.5) is 15.9 Å². The first-order valence-electron chi connectivity index (χ1n) is 7.51. The van der Waals surface area contributed by atoms with Crippen LogP contribution in [0.25, 0.3) is 0 Å². The Morgan fingerprint density at radius 3 is 2.59 bits per heavy atom. The van der Waals surface area contributed by atoms with E-state index in [0.717, 1.165) is 5.82 Å². The number of hydrogen-bond donors (Lipinski definition) is 2. The van der Waals surface area contributed by atoms with E-state index in [4.69, 9.17) is 0 Å². The maximum absolute atomic E-state index is 13.5. The number of carbonyl (C=O) groups excluding carboxylic acids is 1. The number of halogens is 1. The van der Waals surface area contributed by atoms with Crippen molar-refractivity contribution < 1.29 is 9.18 Å². The van der Waals surface area contributed by atoms with Crippen molar-refractivity contribution in [1.82, 2.24) is 4.98 Å². The standard InChI is InChI=1S/C17H18FN3O/c18-15-8-4-3-7-14(15)17(22)21-13-9-10-16(19-11-13)20-12-5-1-2-6-12/h3-4,7-12H,1-2,5-6H2,(H,19,20)(H,21,22). The molecule has 1 aromatic carbocycles. The molecule has 0 atom stereocenters. The average molecular weight is 299 g/mol. The van der Waals surface area contributed by atoms with Crippen LogP contribution in [-0.4, -0.2) is 16.9 Å². The Labute approximate surface area is 128 Å². The smallest absolute Gasteiger partial charge is 0.258 e. The molecule has 0 saturated heterocycles. The molecule has 1 fully saturated rings. The summed E-state index contributed by atoms with van der Waals surface area (Å²) in [4.78, 5) is 16.3.